The van der Waals surface area contributed by atoms with Crippen molar-refractivity contribution in [1.29, 1.82) is 5.26 Å². The maximum Gasteiger partial charge on any atom is 0.349 e. The van der Waals surface area contributed by atoms with E-state index in [0.717, 1.165) is 16.6 Å². The summed E-state index contributed by atoms with van der Waals surface area (Å²) in [6.07, 6.45) is 1.90. The van der Waals surface area contributed by atoms with Gasteiger partial charge >= 0.3 is 5.69 Å². The Bertz CT molecular complexity index is 1460. The van der Waals surface area contributed by atoms with Gasteiger partial charge in [-0.25, -0.2) is 19.4 Å². The number of pyridine rings is 1. The summed E-state index contributed by atoms with van der Waals surface area (Å²) in [6.45, 7) is 4.12. The van der Waals surface area contributed by atoms with Gasteiger partial charge in [0, 0.05) is 12.3 Å². The van der Waals surface area contributed by atoms with Crippen LogP contribution in [0.5, 0.6) is 11.6 Å². The summed E-state index contributed by atoms with van der Waals surface area (Å²) in [6, 6.07) is 7.77. The number of H-pyrrole nitrogens is 2. The summed E-state index contributed by atoms with van der Waals surface area (Å²) in [4.78, 5) is 32.1. The molecule has 0 saturated heterocycles. The minimum atomic E-state index is -0.896. The van der Waals surface area contributed by atoms with E-state index in [-0.39, 0.29) is 33.3 Å². The van der Waals surface area contributed by atoms with Crippen LogP contribution >= 0.6 is 23.2 Å². The van der Waals surface area contributed by atoms with Crippen LogP contribution in [0.15, 0.2) is 40.1 Å². The first-order valence-electron chi connectivity index (χ1n) is 9.07. The van der Waals surface area contributed by atoms with Crippen molar-refractivity contribution < 1.29 is 4.74 Å². The normalized spacial score (nSPS) is 11.1. The van der Waals surface area contributed by atoms with Gasteiger partial charge in [0.15, 0.2) is 5.75 Å². The van der Waals surface area contributed by atoms with E-state index in [4.69, 9.17) is 33.2 Å². The molecule has 9 nitrogen and oxygen atoms in total. The van der Waals surface area contributed by atoms with Crippen molar-refractivity contribution in [2.75, 3.05) is 0 Å². The summed E-state index contributed by atoms with van der Waals surface area (Å²) < 4.78 is 6.54. The molecule has 3 heterocycles. The average molecular weight is 457 g/mol. The lowest BCUT2D eigenvalue weighted by molar-refractivity contribution is 0.465. The molecule has 0 aliphatic rings. The van der Waals surface area contributed by atoms with E-state index in [2.05, 4.69) is 34.0 Å². The van der Waals surface area contributed by atoms with E-state index in [9.17, 15) is 9.59 Å². The van der Waals surface area contributed by atoms with Crippen molar-refractivity contribution in [2.24, 2.45) is 0 Å². The SMILES string of the molecule is CC(C)c1c[nH]c2ccc(Oc3c(Cl)cc(-n4c(=O)[nH]nc(C#N)c4=O)cc3Cl)nc12. The highest BCUT2D eigenvalue weighted by atomic mass is 35.5. The van der Waals surface area contributed by atoms with Crippen LogP contribution < -0.4 is 16.0 Å². The summed E-state index contributed by atoms with van der Waals surface area (Å²) in [5.41, 5.74) is 0.528. The zero-order valence-corrected chi connectivity index (χ0v) is 17.7. The Hall–Kier alpha value is -3.61. The molecule has 11 heteroatoms. The van der Waals surface area contributed by atoms with E-state index in [1.807, 2.05) is 12.3 Å². The van der Waals surface area contributed by atoms with Gasteiger partial charge in [-0.05, 0) is 29.7 Å². The van der Waals surface area contributed by atoms with Crippen molar-refractivity contribution >= 4 is 34.2 Å². The predicted molar refractivity (Wildman–Crippen MR) is 115 cm³/mol. The van der Waals surface area contributed by atoms with E-state index in [1.54, 1.807) is 12.1 Å². The maximum absolute atomic E-state index is 12.3. The summed E-state index contributed by atoms with van der Waals surface area (Å²) in [5, 5.41) is 14.6. The predicted octanol–water partition coefficient (Wildman–Crippen LogP) is 3.89. The minimum Gasteiger partial charge on any atom is -0.436 e. The van der Waals surface area contributed by atoms with Crippen molar-refractivity contribution in [3.8, 4) is 23.4 Å². The first kappa shape index (κ1) is 20.7. The fourth-order valence-corrected chi connectivity index (χ4v) is 3.64. The Morgan fingerprint density at radius 1 is 1.19 bits per heavy atom. The van der Waals surface area contributed by atoms with Gasteiger partial charge in [-0.2, -0.15) is 10.4 Å². The van der Waals surface area contributed by atoms with Crippen LogP contribution in [0.2, 0.25) is 10.0 Å². The van der Waals surface area contributed by atoms with Gasteiger partial charge in [-0.3, -0.25) is 4.79 Å². The highest BCUT2D eigenvalue weighted by Gasteiger charge is 2.17. The highest BCUT2D eigenvalue weighted by molar-refractivity contribution is 6.37. The number of benzene rings is 1. The number of hydrogen-bond acceptors (Lipinski definition) is 6. The van der Waals surface area contributed by atoms with E-state index < -0.39 is 16.9 Å². The van der Waals surface area contributed by atoms with Crippen LogP contribution in [0, 0.1) is 11.3 Å². The van der Waals surface area contributed by atoms with Gasteiger partial charge in [-0.1, -0.05) is 37.0 Å². The Kier molecular flexibility index (Phi) is 5.27. The lowest BCUT2D eigenvalue weighted by Gasteiger charge is -2.12. The second kappa shape index (κ2) is 7.91. The summed E-state index contributed by atoms with van der Waals surface area (Å²) in [5.74, 6) is 0.647. The zero-order valence-electron chi connectivity index (χ0n) is 16.2. The molecule has 0 spiro atoms. The van der Waals surface area contributed by atoms with Crippen LogP contribution in [0.1, 0.15) is 31.0 Å². The second-order valence-electron chi connectivity index (χ2n) is 6.91. The van der Waals surface area contributed by atoms with Crippen molar-refractivity contribution in [1.82, 2.24) is 24.7 Å². The summed E-state index contributed by atoms with van der Waals surface area (Å²) >= 11 is 12.7. The molecular formula is C20H14Cl2N6O3. The number of ether oxygens (including phenoxy) is 1. The van der Waals surface area contributed by atoms with Gasteiger partial charge in [0.05, 0.1) is 26.8 Å². The van der Waals surface area contributed by atoms with Crippen molar-refractivity contribution in [2.45, 2.75) is 19.8 Å². The molecule has 2 N–H and O–H groups in total. The molecule has 0 radical (unpaired) electrons. The Morgan fingerprint density at radius 3 is 2.55 bits per heavy atom. The molecule has 4 rings (SSSR count). The number of nitrogens with one attached hydrogen (secondary N) is 2. The van der Waals surface area contributed by atoms with Crippen molar-refractivity contribution in [3.63, 3.8) is 0 Å². The van der Waals surface area contributed by atoms with Gasteiger partial charge in [0.2, 0.25) is 11.6 Å². The van der Waals surface area contributed by atoms with E-state index in [1.165, 1.54) is 12.1 Å². The number of hydrogen-bond donors (Lipinski definition) is 2. The van der Waals surface area contributed by atoms with Crippen LogP contribution in [0.3, 0.4) is 0 Å². The molecule has 3 aromatic heterocycles. The third-order valence-corrected chi connectivity index (χ3v) is 5.14. The number of aromatic nitrogens is 5. The Labute approximate surface area is 184 Å². The number of aromatic amines is 2. The van der Waals surface area contributed by atoms with Gasteiger partial charge in [0.1, 0.15) is 6.07 Å². The Balaban J connectivity index is 1.77. The van der Waals surface area contributed by atoms with Crippen LogP contribution in [-0.4, -0.2) is 24.7 Å². The molecule has 0 atom stereocenters. The summed E-state index contributed by atoms with van der Waals surface area (Å²) in [7, 11) is 0. The number of nitrogens with zero attached hydrogens (tertiary/aromatic N) is 4. The topological polar surface area (TPSA) is 129 Å². The maximum atomic E-state index is 12.3. The first-order valence-corrected chi connectivity index (χ1v) is 9.83. The largest absolute Gasteiger partial charge is 0.436 e. The molecule has 31 heavy (non-hydrogen) atoms. The monoisotopic (exact) mass is 456 g/mol. The standard InChI is InChI=1S/C20H14Cl2N6O3/c1-9(2)11-8-24-14-3-4-16(25-17(11)14)31-18-12(21)5-10(6-13(18)22)28-19(29)15(7-23)26-27-20(28)30/h3-6,8-9,24H,1-2H3,(H,27,30). The smallest absolute Gasteiger partial charge is 0.349 e. The highest BCUT2D eigenvalue weighted by Crippen LogP contribution is 2.38. The van der Waals surface area contributed by atoms with E-state index in [0.29, 0.717) is 4.57 Å². The number of nitriles is 1. The third kappa shape index (κ3) is 3.67. The second-order valence-corrected chi connectivity index (χ2v) is 7.73. The molecule has 0 unspecified atom stereocenters. The zero-order chi connectivity index (χ0) is 22.3. The van der Waals surface area contributed by atoms with Crippen LogP contribution in [-0.2, 0) is 0 Å². The average Bonchev–Trinajstić information content (AvgIpc) is 3.14. The number of halogens is 2. The number of fused-ring (bicyclic) bond motifs is 1. The molecule has 0 amide bonds. The minimum absolute atomic E-state index is 0.0455. The molecule has 0 bridgehead atoms. The molecule has 156 valence electrons. The van der Waals surface area contributed by atoms with Gasteiger partial charge in [-0.15, -0.1) is 0 Å². The van der Waals surface area contributed by atoms with Gasteiger partial charge < -0.3 is 9.72 Å². The third-order valence-electron chi connectivity index (χ3n) is 4.57. The quantitative estimate of drug-likeness (QED) is 0.478. The lowest BCUT2D eigenvalue weighted by atomic mass is 10.1. The fraction of sp³-hybridized carbons (Fsp3) is 0.150. The first-order chi connectivity index (χ1) is 14.8. The molecule has 0 fully saturated rings. The van der Waals surface area contributed by atoms with Gasteiger partial charge in [0.25, 0.3) is 5.56 Å². The number of rotatable bonds is 4. The van der Waals surface area contributed by atoms with E-state index >= 15 is 0 Å². The molecule has 4 aromatic rings. The van der Waals surface area contributed by atoms with Crippen molar-refractivity contribution in [3.05, 3.63) is 72.6 Å². The Morgan fingerprint density at radius 2 is 1.90 bits per heavy atom. The van der Waals surface area contributed by atoms with Crippen LogP contribution in [0.25, 0.3) is 16.7 Å². The molecule has 0 saturated carbocycles. The van der Waals surface area contributed by atoms with Crippen LogP contribution in [0.4, 0.5) is 0 Å². The molecular weight excluding hydrogens is 443 g/mol. The fourth-order valence-electron chi connectivity index (χ4n) is 3.08. The lowest BCUT2D eigenvalue weighted by Crippen LogP contribution is -2.36. The molecule has 0 aliphatic heterocycles. The molecule has 1 aromatic carbocycles. The molecule has 0 aliphatic carbocycles.